The maximum Gasteiger partial charge on any atom is 0.0687 e. The zero-order valence-corrected chi connectivity index (χ0v) is 11.9. The lowest BCUT2D eigenvalue weighted by atomic mass is 9.93. The Kier molecular flexibility index (Phi) is 2.87. The lowest BCUT2D eigenvalue weighted by molar-refractivity contribution is -0.0456. The van der Waals surface area contributed by atoms with Gasteiger partial charge in [0.2, 0.25) is 0 Å². The third kappa shape index (κ3) is 1.96. The predicted octanol–water partition coefficient (Wildman–Crippen LogP) is 4.43. The molecule has 0 aromatic rings. The summed E-state index contributed by atoms with van der Waals surface area (Å²) >= 11 is 3.79. The predicted molar refractivity (Wildman–Crippen MR) is 70.0 cm³/mol. The summed E-state index contributed by atoms with van der Waals surface area (Å²) in [5, 5.41) is 0. The Hall–Kier alpha value is 0.440. The van der Waals surface area contributed by atoms with Crippen molar-refractivity contribution in [2.45, 2.75) is 81.2 Å². The highest BCUT2D eigenvalue weighted by atomic mass is 79.9. The van der Waals surface area contributed by atoms with Gasteiger partial charge in [-0.2, -0.15) is 0 Å². The van der Waals surface area contributed by atoms with Crippen LogP contribution in [0.3, 0.4) is 0 Å². The third-order valence-electron chi connectivity index (χ3n) is 5.22. The zero-order chi connectivity index (χ0) is 11.2. The van der Waals surface area contributed by atoms with Crippen LogP contribution in [0.4, 0.5) is 0 Å². The first kappa shape index (κ1) is 11.5. The topological polar surface area (TPSA) is 9.23 Å². The van der Waals surface area contributed by atoms with E-state index in [1.165, 1.54) is 57.8 Å². The summed E-state index contributed by atoms with van der Waals surface area (Å²) in [5.74, 6) is 0. The van der Waals surface area contributed by atoms with Crippen molar-refractivity contribution in [1.29, 1.82) is 0 Å². The van der Waals surface area contributed by atoms with Gasteiger partial charge in [-0.05, 0) is 50.4 Å². The molecule has 0 radical (unpaired) electrons. The van der Waals surface area contributed by atoms with Crippen LogP contribution in [0.15, 0.2) is 0 Å². The van der Waals surface area contributed by atoms with Crippen LogP contribution in [0.1, 0.15) is 64.7 Å². The fraction of sp³-hybridized carbons (Fsp3) is 1.00. The quantitative estimate of drug-likeness (QED) is 0.698. The van der Waals surface area contributed by atoms with Crippen LogP contribution in [0.2, 0.25) is 0 Å². The minimum Gasteiger partial charge on any atom is -0.372 e. The zero-order valence-electron chi connectivity index (χ0n) is 10.3. The second kappa shape index (κ2) is 3.98. The van der Waals surface area contributed by atoms with Crippen molar-refractivity contribution in [3.8, 4) is 0 Å². The van der Waals surface area contributed by atoms with E-state index in [1.54, 1.807) is 0 Å². The normalized spacial score (nSPS) is 36.8. The van der Waals surface area contributed by atoms with Gasteiger partial charge in [0.25, 0.3) is 0 Å². The fourth-order valence-electron chi connectivity index (χ4n) is 3.80. The Morgan fingerprint density at radius 2 is 1.88 bits per heavy atom. The molecule has 1 aliphatic heterocycles. The third-order valence-corrected chi connectivity index (χ3v) is 6.19. The van der Waals surface area contributed by atoms with Gasteiger partial charge in [-0.3, -0.25) is 0 Å². The molecular formula is C14H23BrO. The molecule has 0 aromatic carbocycles. The molecule has 0 amide bonds. The van der Waals surface area contributed by atoms with Crippen LogP contribution in [0.25, 0.3) is 0 Å². The van der Waals surface area contributed by atoms with E-state index in [-0.39, 0.29) is 0 Å². The Morgan fingerprint density at radius 3 is 2.44 bits per heavy atom. The molecule has 16 heavy (non-hydrogen) atoms. The van der Waals surface area contributed by atoms with Crippen LogP contribution >= 0.6 is 15.9 Å². The summed E-state index contributed by atoms with van der Waals surface area (Å²) in [7, 11) is 0. The number of ether oxygens (including phenoxy) is 1. The minimum atomic E-state index is 0.330. The number of rotatable bonds is 3. The number of hydrogen-bond acceptors (Lipinski definition) is 1. The average Bonchev–Trinajstić information content (AvgIpc) is 2.72. The first-order chi connectivity index (χ1) is 7.64. The number of hydrogen-bond donors (Lipinski definition) is 0. The van der Waals surface area contributed by atoms with Crippen molar-refractivity contribution in [2.75, 3.05) is 0 Å². The summed E-state index contributed by atoms with van der Waals surface area (Å²) in [6, 6.07) is 0. The van der Waals surface area contributed by atoms with Gasteiger partial charge < -0.3 is 4.74 Å². The van der Waals surface area contributed by atoms with E-state index in [9.17, 15) is 0 Å². The highest BCUT2D eigenvalue weighted by Gasteiger charge is 2.51. The molecule has 0 aromatic heterocycles. The van der Waals surface area contributed by atoms with Gasteiger partial charge in [0, 0.05) is 4.83 Å². The van der Waals surface area contributed by atoms with Gasteiger partial charge in [0.15, 0.2) is 0 Å². The Bertz CT molecular complexity index is 264. The second-order valence-corrected chi connectivity index (χ2v) is 7.72. The lowest BCUT2D eigenvalue weighted by Gasteiger charge is -2.27. The molecule has 2 atom stereocenters. The molecule has 1 saturated heterocycles. The molecule has 1 heterocycles. The molecule has 3 rings (SSSR count). The Morgan fingerprint density at radius 1 is 1.19 bits per heavy atom. The molecule has 2 saturated carbocycles. The van der Waals surface area contributed by atoms with Gasteiger partial charge in [-0.25, -0.2) is 0 Å². The van der Waals surface area contributed by atoms with E-state index >= 15 is 0 Å². The average molecular weight is 287 g/mol. The summed E-state index contributed by atoms with van der Waals surface area (Å²) in [5.41, 5.74) is 0.922. The molecule has 1 spiro atoms. The summed E-state index contributed by atoms with van der Waals surface area (Å²) in [4.78, 5) is 0.670. The van der Waals surface area contributed by atoms with Crippen molar-refractivity contribution >= 4 is 15.9 Å². The van der Waals surface area contributed by atoms with E-state index < -0.39 is 0 Å². The summed E-state index contributed by atoms with van der Waals surface area (Å²) in [6.45, 7) is 2.31. The van der Waals surface area contributed by atoms with E-state index in [4.69, 9.17) is 4.74 Å². The van der Waals surface area contributed by atoms with E-state index in [2.05, 4.69) is 22.9 Å². The van der Waals surface area contributed by atoms with E-state index in [1.807, 2.05) is 0 Å². The fourth-order valence-corrected chi connectivity index (χ4v) is 4.45. The van der Waals surface area contributed by atoms with Crippen molar-refractivity contribution < 1.29 is 4.74 Å². The van der Waals surface area contributed by atoms with Crippen LogP contribution < -0.4 is 0 Å². The number of halogens is 1. The molecule has 0 bridgehead atoms. The van der Waals surface area contributed by atoms with Crippen molar-refractivity contribution in [2.24, 2.45) is 5.41 Å². The monoisotopic (exact) mass is 286 g/mol. The molecule has 3 aliphatic rings. The Balaban J connectivity index is 1.58. The van der Waals surface area contributed by atoms with Gasteiger partial charge in [-0.1, -0.05) is 35.7 Å². The summed E-state index contributed by atoms with van der Waals surface area (Å²) in [6.07, 6.45) is 12.8. The van der Waals surface area contributed by atoms with Crippen molar-refractivity contribution in [1.82, 2.24) is 0 Å². The smallest absolute Gasteiger partial charge is 0.0687 e. The standard InChI is InChI=1S/C14H23BrO/c1-11(15)13(8-9-13)10-12-4-7-14(16-12)5-2-3-6-14/h11-12H,2-10H2,1H3. The van der Waals surface area contributed by atoms with Gasteiger partial charge >= 0.3 is 0 Å². The summed E-state index contributed by atoms with van der Waals surface area (Å²) < 4.78 is 6.42. The van der Waals surface area contributed by atoms with Crippen LogP contribution in [0, 0.1) is 5.41 Å². The molecular weight excluding hydrogens is 264 g/mol. The van der Waals surface area contributed by atoms with Crippen molar-refractivity contribution in [3.05, 3.63) is 0 Å². The van der Waals surface area contributed by atoms with Crippen LogP contribution in [-0.4, -0.2) is 16.5 Å². The second-order valence-electron chi connectivity index (χ2n) is 6.35. The molecule has 2 unspecified atom stereocenters. The number of alkyl halides is 1. The Labute approximate surface area is 107 Å². The van der Waals surface area contributed by atoms with E-state index in [0.717, 1.165) is 0 Å². The minimum absolute atomic E-state index is 0.330. The van der Waals surface area contributed by atoms with Crippen LogP contribution in [-0.2, 0) is 4.74 Å². The maximum absolute atomic E-state index is 6.42. The first-order valence-electron chi connectivity index (χ1n) is 6.96. The van der Waals surface area contributed by atoms with Gasteiger partial charge in [0.05, 0.1) is 11.7 Å². The van der Waals surface area contributed by atoms with Gasteiger partial charge in [0.1, 0.15) is 0 Å². The van der Waals surface area contributed by atoms with Crippen molar-refractivity contribution in [3.63, 3.8) is 0 Å². The molecule has 1 nitrogen and oxygen atoms in total. The molecule has 92 valence electrons. The molecule has 2 aliphatic carbocycles. The van der Waals surface area contributed by atoms with Crippen LogP contribution in [0.5, 0.6) is 0 Å². The lowest BCUT2D eigenvalue weighted by Crippen LogP contribution is -2.27. The molecule has 2 heteroatoms. The first-order valence-corrected chi connectivity index (χ1v) is 7.88. The highest BCUT2D eigenvalue weighted by molar-refractivity contribution is 9.09. The molecule has 0 N–H and O–H groups in total. The SMILES string of the molecule is CC(Br)C1(CC2CCC3(CCCC3)O2)CC1. The van der Waals surface area contributed by atoms with Gasteiger partial charge in [-0.15, -0.1) is 0 Å². The maximum atomic E-state index is 6.42. The largest absolute Gasteiger partial charge is 0.372 e. The highest BCUT2D eigenvalue weighted by Crippen LogP contribution is 2.57. The van der Waals surface area contributed by atoms with E-state index in [0.29, 0.717) is 21.9 Å². The molecule has 3 fully saturated rings.